The van der Waals surface area contributed by atoms with Crippen LogP contribution in [0.3, 0.4) is 0 Å². The fourth-order valence-corrected chi connectivity index (χ4v) is 7.67. The largest absolute Gasteiger partial charge is 0.338 e. The van der Waals surface area contributed by atoms with E-state index in [0.717, 1.165) is 35.5 Å². The zero-order valence-corrected chi connectivity index (χ0v) is 19.6. The molecule has 0 aromatic carbocycles. The number of piperazine rings is 1. The summed E-state index contributed by atoms with van der Waals surface area (Å²) in [5.74, 6) is -0.661. The fourth-order valence-electron chi connectivity index (χ4n) is 4.62. The molecule has 2 aliphatic heterocycles. The van der Waals surface area contributed by atoms with Crippen molar-refractivity contribution in [2.75, 3.05) is 32.7 Å². The Morgan fingerprint density at radius 2 is 1.94 bits per heavy atom. The number of hydrogen-bond acceptors (Lipinski definition) is 6. The maximum Gasteiger partial charge on any atom is 0.325 e. The molecule has 9 nitrogen and oxygen atoms in total. The van der Waals surface area contributed by atoms with Crippen molar-refractivity contribution in [3.05, 3.63) is 16.5 Å². The Morgan fingerprint density at radius 3 is 2.55 bits per heavy atom. The number of rotatable bonds is 4. The number of imide groups is 1. The summed E-state index contributed by atoms with van der Waals surface area (Å²) in [5.41, 5.74) is -0.898. The molecule has 31 heavy (non-hydrogen) atoms. The van der Waals surface area contributed by atoms with Crippen LogP contribution in [0, 0.1) is 5.92 Å². The van der Waals surface area contributed by atoms with Crippen LogP contribution >= 0.6 is 22.9 Å². The average molecular weight is 489 g/mol. The second-order valence-corrected chi connectivity index (χ2v) is 12.2. The lowest BCUT2D eigenvalue weighted by molar-refractivity contribution is -0.141. The van der Waals surface area contributed by atoms with E-state index in [2.05, 4.69) is 5.32 Å². The number of nitrogens with one attached hydrogen (secondary N) is 1. The minimum absolute atomic E-state index is 0.0253. The van der Waals surface area contributed by atoms with Gasteiger partial charge >= 0.3 is 6.03 Å². The number of carbonyl (C=O) groups excluding carboxylic acids is 3. The summed E-state index contributed by atoms with van der Waals surface area (Å²) < 4.78 is 27.3. The number of amides is 4. The normalized spacial score (nSPS) is 27.7. The topological polar surface area (TPSA) is 107 Å². The SMILES string of the molecule is CC1CCCCC12NC(=O)N(CC(=O)N1CCN(S(=O)(=O)c3ccc(Cl)s3)CC1)C2=O. The monoisotopic (exact) mass is 488 g/mol. The number of halogens is 1. The molecule has 12 heteroatoms. The number of sulfonamides is 1. The first-order valence-electron chi connectivity index (χ1n) is 10.3. The van der Waals surface area contributed by atoms with Gasteiger partial charge in [0.05, 0.1) is 4.34 Å². The predicted molar refractivity (Wildman–Crippen MR) is 115 cm³/mol. The van der Waals surface area contributed by atoms with E-state index in [-0.39, 0.29) is 54.7 Å². The molecular weight excluding hydrogens is 464 g/mol. The summed E-state index contributed by atoms with van der Waals surface area (Å²) in [7, 11) is -3.65. The van der Waals surface area contributed by atoms with Gasteiger partial charge in [0.1, 0.15) is 16.3 Å². The highest BCUT2D eigenvalue weighted by molar-refractivity contribution is 7.91. The zero-order chi connectivity index (χ0) is 22.4. The molecule has 1 spiro atoms. The van der Waals surface area contributed by atoms with Gasteiger partial charge in [0.2, 0.25) is 5.91 Å². The second kappa shape index (κ2) is 8.34. The quantitative estimate of drug-likeness (QED) is 0.649. The Hall–Kier alpha value is -1.69. The van der Waals surface area contributed by atoms with Crippen LogP contribution in [0.15, 0.2) is 16.3 Å². The van der Waals surface area contributed by atoms with Gasteiger partial charge < -0.3 is 10.2 Å². The zero-order valence-electron chi connectivity index (χ0n) is 17.2. The highest BCUT2D eigenvalue weighted by Gasteiger charge is 2.55. The third-order valence-corrected chi connectivity index (χ3v) is 10.1. The second-order valence-electron chi connectivity index (χ2n) is 8.28. The molecule has 1 aromatic rings. The van der Waals surface area contributed by atoms with E-state index in [1.54, 1.807) is 0 Å². The number of carbonyl (C=O) groups is 3. The molecule has 4 rings (SSSR count). The van der Waals surface area contributed by atoms with Crippen LogP contribution in [-0.4, -0.2) is 78.6 Å². The first kappa shape index (κ1) is 22.5. The molecule has 4 amide bonds. The molecular formula is C19H25ClN4O5S2. The third-order valence-electron chi connectivity index (χ3n) is 6.53. The highest BCUT2D eigenvalue weighted by atomic mass is 35.5. The molecule has 1 aromatic heterocycles. The van der Waals surface area contributed by atoms with Gasteiger partial charge in [-0.1, -0.05) is 31.4 Å². The number of urea groups is 1. The lowest BCUT2D eigenvalue weighted by Gasteiger charge is -2.37. The molecule has 0 bridgehead atoms. The van der Waals surface area contributed by atoms with Gasteiger partial charge in [-0.25, -0.2) is 13.2 Å². The van der Waals surface area contributed by atoms with Gasteiger partial charge in [-0.3, -0.25) is 14.5 Å². The van der Waals surface area contributed by atoms with Crippen molar-refractivity contribution >= 4 is 50.8 Å². The van der Waals surface area contributed by atoms with Crippen molar-refractivity contribution in [3.8, 4) is 0 Å². The summed E-state index contributed by atoms with van der Waals surface area (Å²) in [4.78, 5) is 40.8. The van der Waals surface area contributed by atoms with E-state index < -0.39 is 21.6 Å². The Balaban J connectivity index is 1.37. The van der Waals surface area contributed by atoms with Gasteiger partial charge in [0, 0.05) is 26.2 Å². The van der Waals surface area contributed by atoms with E-state index in [4.69, 9.17) is 11.6 Å². The van der Waals surface area contributed by atoms with E-state index in [9.17, 15) is 22.8 Å². The first-order chi connectivity index (χ1) is 14.6. The third kappa shape index (κ3) is 3.96. The standard InChI is InChI=1S/C19H25ClN4O5S2/c1-13-4-2-3-7-19(13)17(26)24(18(27)21-19)12-15(25)22-8-10-23(11-9-22)31(28,29)16-6-5-14(20)30-16/h5-6,13H,2-4,7-12H2,1H3,(H,21,27). The van der Waals surface area contributed by atoms with Gasteiger partial charge in [0.25, 0.3) is 15.9 Å². The molecule has 170 valence electrons. The average Bonchev–Trinajstić information content (AvgIpc) is 3.28. The van der Waals surface area contributed by atoms with Crippen molar-refractivity contribution < 1.29 is 22.8 Å². The predicted octanol–water partition coefficient (Wildman–Crippen LogP) is 1.74. The molecule has 1 saturated carbocycles. The molecule has 3 heterocycles. The van der Waals surface area contributed by atoms with E-state index in [0.29, 0.717) is 10.8 Å². The van der Waals surface area contributed by atoms with Crippen LogP contribution in [-0.2, 0) is 19.6 Å². The molecule has 3 fully saturated rings. The summed E-state index contributed by atoms with van der Waals surface area (Å²) >= 11 is 6.85. The highest BCUT2D eigenvalue weighted by Crippen LogP contribution is 2.38. The Labute approximate surface area is 190 Å². The van der Waals surface area contributed by atoms with Crippen LogP contribution in [0.1, 0.15) is 32.6 Å². The van der Waals surface area contributed by atoms with Crippen LogP contribution in [0.4, 0.5) is 4.79 Å². The molecule has 0 radical (unpaired) electrons. The first-order valence-corrected chi connectivity index (χ1v) is 13.0. The van der Waals surface area contributed by atoms with Gasteiger partial charge in [-0.15, -0.1) is 11.3 Å². The molecule has 2 unspecified atom stereocenters. The summed E-state index contributed by atoms with van der Waals surface area (Å²) in [6.45, 7) is 2.32. The number of nitrogens with zero attached hydrogens (tertiary/aromatic N) is 3. The minimum atomic E-state index is -3.65. The van der Waals surface area contributed by atoms with Crippen LogP contribution in [0.2, 0.25) is 4.34 Å². The molecule has 1 aliphatic carbocycles. The van der Waals surface area contributed by atoms with E-state index in [1.807, 2.05) is 6.92 Å². The number of thiophene rings is 1. The molecule has 1 N–H and O–H groups in total. The maximum atomic E-state index is 13.0. The summed E-state index contributed by atoms with van der Waals surface area (Å²) in [6.07, 6.45) is 3.34. The Bertz CT molecular complexity index is 1000. The minimum Gasteiger partial charge on any atom is -0.338 e. The Morgan fingerprint density at radius 1 is 1.23 bits per heavy atom. The molecule has 2 atom stereocenters. The smallest absolute Gasteiger partial charge is 0.325 e. The molecule has 2 saturated heterocycles. The lowest BCUT2D eigenvalue weighted by Crippen LogP contribution is -2.55. The van der Waals surface area contributed by atoms with Gasteiger partial charge in [-0.05, 0) is 30.9 Å². The number of hydrogen-bond donors (Lipinski definition) is 1. The van der Waals surface area contributed by atoms with Gasteiger partial charge in [0.15, 0.2) is 0 Å². The van der Waals surface area contributed by atoms with Crippen molar-refractivity contribution in [2.24, 2.45) is 5.92 Å². The van der Waals surface area contributed by atoms with E-state index in [1.165, 1.54) is 21.3 Å². The maximum absolute atomic E-state index is 13.0. The Kier molecular flexibility index (Phi) is 6.06. The van der Waals surface area contributed by atoms with Crippen LogP contribution < -0.4 is 5.32 Å². The molecule has 3 aliphatic rings. The van der Waals surface area contributed by atoms with E-state index >= 15 is 0 Å². The van der Waals surface area contributed by atoms with Gasteiger partial charge in [-0.2, -0.15) is 4.31 Å². The lowest BCUT2D eigenvalue weighted by atomic mass is 9.73. The van der Waals surface area contributed by atoms with Crippen molar-refractivity contribution in [1.29, 1.82) is 0 Å². The van der Waals surface area contributed by atoms with Crippen molar-refractivity contribution in [3.63, 3.8) is 0 Å². The van der Waals surface area contributed by atoms with Crippen LogP contribution in [0.25, 0.3) is 0 Å². The summed E-state index contributed by atoms with van der Waals surface area (Å²) in [6, 6.07) is 2.49. The fraction of sp³-hybridized carbons (Fsp3) is 0.632. The summed E-state index contributed by atoms with van der Waals surface area (Å²) in [5, 5.41) is 2.84. The van der Waals surface area contributed by atoms with Crippen molar-refractivity contribution in [1.82, 2.24) is 19.4 Å². The van der Waals surface area contributed by atoms with Crippen LogP contribution in [0.5, 0.6) is 0 Å². The van der Waals surface area contributed by atoms with Crippen molar-refractivity contribution in [2.45, 2.75) is 42.4 Å².